The summed E-state index contributed by atoms with van der Waals surface area (Å²) in [5.41, 5.74) is 5.81. The van der Waals surface area contributed by atoms with E-state index in [1.54, 1.807) is 6.92 Å². The molecule has 0 aromatic carbocycles. The summed E-state index contributed by atoms with van der Waals surface area (Å²) in [7, 11) is 0. The highest BCUT2D eigenvalue weighted by Gasteiger charge is 2.13. The van der Waals surface area contributed by atoms with Gasteiger partial charge in [0.15, 0.2) is 0 Å². The van der Waals surface area contributed by atoms with E-state index in [0.29, 0.717) is 17.7 Å². The Bertz CT molecular complexity index is 244. The molecule has 4 nitrogen and oxygen atoms in total. The van der Waals surface area contributed by atoms with Crippen LogP contribution in [0.3, 0.4) is 0 Å². The normalized spacial score (nSPS) is 13.8. The lowest BCUT2D eigenvalue weighted by Crippen LogP contribution is -2.13. The third kappa shape index (κ3) is 2.30. The average molecular weight is 169 g/mol. The molecule has 1 unspecified atom stereocenters. The van der Waals surface area contributed by atoms with Crippen molar-refractivity contribution < 1.29 is 4.42 Å². The summed E-state index contributed by atoms with van der Waals surface area (Å²) in [6.07, 6.45) is 0.877. The fourth-order valence-electron chi connectivity index (χ4n) is 1.07. The second-order valence-electron chi connectivity index (χ2n) is 3.40. The van der Waals surface area contributed by atoms with E-state index in [0.717, 1.165) is 6.42 Å². The van der Waals surface area contributed by atoms with Crippen molar-refractivity contribution in [1.29, 1.82) is 0 Å². The molecule has 1 rings (SSSR count). The van der Waals surface area contributed by atoms with Gasteiger partial charge in [0.1, 0.15) is 0 Å². The van der Waals surface area contributed by atoms with Crippen molar-refractivity contribution in [3.05, 3.63) is 11.8 Å². The number of rotatable bonds is 3. The van der Waals surface area contributed by atoms with Gasteiger partial charge in [-0.2, -0.15) is 0 Å². The van der Waals surface area contributed by atoms with Crippen molar-refractivity contribution in [2.24, 2.45) is 11.7 Å². The van der Waals surface area contributed by atoms with Gasteiger partial charge in [-0.25, -0.2) is 0 Å². The first-order chi connectivity index (χ1) is 5.59. The van der Waals surface area contributed by atoms with Gasteiger partial charge >= 0.3 is 0 Å². The van der Waals surface area contributed by atoms with E-state index in [2.05, 4.69) is 24.0 Å². The first-order valence-electron chi connectivity index (χ1n) is 4.15. The molecule has 0 bridgehead atoms. The quantitative estimate of drug-likeness (QED) is 0.743. The summed E-state index contributed by atoms with van der Waals surface area (Å²) in [6.45, 7) is 5.99. The molecule has 0 aliphatic carbocycles. The van der Waals surface area contributed by atoms with Gasteiger partial charge < -0.3 is 10.2 Å². The first kappa shape index (κ1) is 9.19. The number of nitrogens with two attached hydrogens (primary N) is 1. The van der Waals surface area contributed by atoms with Crippen LogP contribution in [0.1, 0.15) is 38.1 Å². The molecule has 4 heteroatoms. The first-order valence-corrected chi connectivity index (χ1v) is 4.15. The van der Waals surface area contributed by atoms with E-state index in [1.807, 2.05) is 0 Å². The maximum atomic E-state index is 5.81. The number of aryl methyl sites for hydroxylation is 1. The highest BCUT2D eigenvalue weighted by atomic mass is 16.4. The van der Waals surface area contributed by atoms with Crippen molar-refractivity contribution in [2.75, 3.05) is 0 Å². The van der Waals surface area contributed by atoms with Crippen molar-refractivity contribution in [3.8, 4) is 0 Å². The lowest BCUT2D eigenvalue weighted by atomic mass is 10.1. The highest BCUT2D eigenvalue weighted by Crippen LogP contribution is 2.16. The Kier molecular flexibility index (Phi) is 2.81. The Labute approximate surface area is 72.2 Å². The second kappa shape index (κ2) is 3.67. The van der Waals surface area contributed by atoms with Crippen LogP contribution in [-0.4, -0.2) is 10.2 Å². The lowest BCUT2D eigenvalue weighted by molar-refractivity contribution is 0.391. The molecule has 0 amide bonds. The van der Waals surface area contributed by atoms with Crippen LogP contribution in [0.25, 0.3) is 0 Å². The Balaban J connectivity index is 2.58. The lowest BCUT2D eigenvalue weighted by Gasteiger charge is -2.08. The van der Waals surface area contributed by atoms with Gasteiger partial charge in [-0.3, -0.25) is 0 Å². The van der Waals surface area contributed by atoms with Crippen molar-refractivity contribution in [2.45, 2.75) is 33.2 Å². The van der Waals surface area contributed by atoms with Crippen LogP contribution in [0.4, 0.5) is 0 Å². The molecule has 1 heterocycles. The third-order valence-electron chi connectivity index (χ3n) is 1.58. The molecule has 68 valence electrons. The molecule has 0 spiro atoms. The monoisotopic (exact) mass is 169 g/mol. The Hall–Kier alpha value is -0.900. The van der Waals surface area contributed by atoms with Crippen LogP contribution >= 0.6 is 0 Å². The fraction of sp³-hybridized carbons (Fsp3) is 0.750. The predicted molar refractivity (Wildman–Crippen MR) is 45.4 cm³/mol. The molecular formula is C8H15N3O. The summed E-state index contributed by atoms with van der Waals surface area (Å²) in [6, 6.07) is -0.119. The number of aromatic nitrogens is 2. The molecule has 0 fully saturated rings. The van der Waals surface area contributed by atoms with E-state index >= 15 is 0 Å². The Morgan fingerprint density at radius 2 is 2.08 bits per heavy atom. The topological polar surface area (TPSA) is 64.9 Å². The number of nitrogens with zero attached hydrogens (tertiary/aromatic N) is 2. The Morgan fingerprint density at radius 3 is 2.50 bits per heavy atom. The van der Waals surface area contributed by atoms with Gasteiger partial charge in [0.25, 0.3) is 0 Å². The fourth-order valence-corrected chi connectivity index (χ4v) is 1.07. The zero-order valence-corrected chi connectivity index (χ0v) is 7.74. The van der Waals surface area contributed by atoms with Gasteiger partial charge in [-0.05, 0) is 12.3 Å². The van der Waals surface area contributed by atoms with Gasteiger partial charge in [-0.15, -0.1) is 10.2 Å². The van der Waals surface area contributed by atoms with Crippen LogP contribution in [0.2, 0.25) is 0 Å². The van der Waals surface area contributed by atoms with Gasteiger partial charge in [-0.1, -0.05) is 13.8 Å². The molecular weight excluding hydrogens is 154 g/mol. The second-order valence-corrected chi connectivity index (χ2v) is 3.40. The molecule has 0 saturated heterocycles. The number of hydrogen-bond donors (Lipinski definition) is 1. The van der Waals surface area contributed by atoms with E-state index in [4.69, 9.17) is 10.2 Å². The van der Waals surface area contributed by atoms with E-state index in [1.165, 1.54) is 0 Å². The summed E-state index contributed by atoms with van der Waals surface area (Å²) in [5, 5.41) is 7.58. The van der Waals surface area contributed by atoms with Crippen LogP contribution in [-0.2, 0) is 0 Å². The minimum absolute atomic E-state index is 0.119. The minimum atomic E-state index is -0.119. The molecule has 1 aromatic heterocycles. The summed E-state index contributed by atoms with van der Waals surface area (Å²) < 4.78 is 5.20. The standard InChI is InChI=1S/C8H15N3O/c1-5(2)4-7(9)8-11-10-6(3)12-8/h5,7H,4,9H2,1-3H3. The van der Waals surface area contributed by atoms with E-state index < -0.39 is 0 Å². The molecule has 0 radical (unpaired) electrons. The van der Waals surface area contributed by atoms with Crippen LogP contribution in [0.5, 0.6) is 0 Å². The summed E-state index contributed by atoms with van der Waals surface area (Å²) in [5.74, 6) is 1.66. The van der Waals surface area contributed by atoms with Crippen molar-refractivity contribution >= 4 is 0 Å². The van der Waals surface area contributed by atoms with Crippen LogP contribution in [0, 0.1) is 12.8 Å². The molecule has 2 N–H and O–H groups in total. The van der Waals surface area contributed by atoms with Crippen LogP contribution in [0.15, 0.2) is 4.42 Å². The smallest absolute Gasteiger partial charge is 0.233 e. The Morgan fingerprint density at radius 1 is 1.42 bits per heavy atom. The SMILES string of the molecule is Cc1nnc(C(N)CC(C)C)o1. The minimum Gasteiger partial charge on any atom is -0.424 e. The maximum Gasteiger partial charge on any atom is 0.233 e. The van der Waals surface area contributed by atoms with Gasteiger partial charge in [0.05, 0.1) is 6.04 Å². The van der Waals surface area contributed by atoms with Crippen molar-refractivity contribution in [1.82, 2.24) is 10.2 Å². The van der Waals surface area contributed by atoms with Gasteiger partial charge in [0, 0.05) is 6.92 Å². The largest absolute Gasteiger partial charge is 0.424 e. The van der Waals surface area contributed by atoms with Crippen molar-refractivity contribution in [3.63, 3.8) is 0 Å². The van der Waals surface area contributed by atoms with Crippen LogP contribution < -0.4 is 5.73 Å². The summed E-state index contributed by atoms with van der Waals surface area (Å²) in [4.78, 5) is 0. The average Bonchev–Trinajstić information content (AvgIpc) is 2.34. The zero-order chi connectivity index (χ0) is 9.14. The third-order valence-corrected chi connectivity index (χ3v) is 1.58. The van der Waals surface area contributed by atoms with E-state index in [9.17, 15) is 0 Å². The molecule has 0 aliphatic rings. The molecule has 0 saturated carbocycles. The molecule has 1 atom stereocenters. The predicted octanol–water partition coefficient (Wildman–Crippen LogP) is 1.42. The van der Waals surface area contributed by atoms with E-state index in [-0.39, 0.29) is 6.04 Å². The summed E-state index contributed by atoms with van der Waals surface area (Å²) >= 11 is 0. The maximum absolute atomic E-state index is 5.81. The number of hydrogen-bond acceptors (Lipinski definition) is 4. The molecule has 12 heavy (non-hydrogen) atoms. The molecule has 1 aromatic rings. The molecule has 0 aliphatic heterocycles. The zero-order valence-electron chi connectivity index (χ0n) is 7.74. The highest BCUT2D eigenvalue weighted by molar-refractivity contribution is 4.87. The van der Waals surface area contributed by atoms with Gasteiger partial charge in [0.2, 0.25) is 11.8 Å².